The molecule has 0 amide bonds. The van der Waals surface area contributed by atoms with Crippen molar-refractivity contribution in [3.05, 3.63) is 66.2 Å². The third kappa shape index (κ3) is 5.99. The number of halogens is 2. The largest absolute Gasteiger partial charge is 0.598 e. The van der Waals surface area contributed by atoms with Crippen LogP contribution in [0.25, 0.3) is 0 Å². The molecule has 0 aliphatic rings. The van der Waals surface area contributed by atoms with Crippen molar-refractivity contribution < 1.29 is 26.5 Å². The molecule has 0 bridgehead atoms. The van der Waals surface area contributed by atoms with E-state index in [0.717, 1.165) is 17.7 Å². The summed E-state index contributed by atoms with van der Waals surface area (Å²) in [5, 5.41) is -4.24. The molecule has 0 aromatic heterocycles. The van der Waals surface area contributed by atoms with Gasteiger partial charge in [-0.1, -0.05) is 48.5 Å². The maximum Gasteiger partial charge on any atom is 0.371 e. The predicted octanol–water partition coefficient (Wildman–Crippen LogP) is 3.69. The Labute approximate surface area is 173 Å². The Bertz CT molecular complexity index is 872. The fourth-order valence-electron chi connectivity index (χ4n) is 2.32. The molecule has 0 fully saturated rings. The van der Waals surface area contributed by atoms with E-state index in [0.29, 0.717) is 0 Å². The minimum atomic E-state index is -5.03. The molecule has 0 radical (unpaired) electrons. The van der Waals surface area contributed by atoms with Crippen LogP contribution in [0.5, 0.6) is 0 Å². The number of benzene rings is 2. The van der Waals surface area contributed by atoms with Crippen molar-refractivity contribution in [2.75, 3.05) is 6.61 Å². The lowest BCUT2D eigenvalue weighted by Gasteiger charge is -2.31. The van der Waals surface area contributed by atoms with Crippen LogP contribution < -0.4 is 4.72 Å². The van der Waals surface area contributed by atoms with E-state index in [1.807, 2.05) is 0 Å². The number of ether oxygens (including phenoxy) is 1. The lowest BCUT2D eigenvalue weighted by Crippen LogP contribution is -2.57. The van der Waals surface area contributed by atoms with Gasteiger partial charge in [0.2, 0.25) is 9.84 Å². The molecule has 0 aliphatic carbocycles. The van der Waals surface area contributed by atoms with Crippen molar-refractivity contribution in [1.29, 1.82) is 0 Å². The van der Waals surface area contributed by atoms with E-state index in [-0.39, 0.29) is 6.61 Å². The van der Waals surface area contributed by atoms with Crippen LogP contribution >= 0.6 is 0 Å². The van der Waals surface area contributed by atoms with Crippen LogP contribution in [0, 0.1) is 0 Å². The minimum absolute atomic E-state index is 0.0165. The van der Waals surface area contributed by atoms with Crippen molar-refractivity contribution >= 4 is 21.2 Å². The van der Waals surface area contributed by atoms with Gasteiger partial charge in [0.05, 0.1) is 18.1 Å². The highest BCUT2D eigenvalue weighted by molar-refractivity contribution is 7.93. The molecule has 2 atom stereocenters. The van der Waals surface area contributed by atoms with Crippen molar-refractivity contribution in [3.63, 3.8) is 0 Å². The molecule has 0 saturated carbocycles. The smallest absolute Gasteiger partial charge is 0.371 e. The maximum atomic E-state index is 15.2. The van der Waals surface area contributed by atoms with E-state index >= 15 is 8.78 Å². The predicted molar refractivity (Wildman–Crippen MR) is 109 cm³/mol. The van der Waals surface area contributed by atoms with Gasteiger partial charge >= 0.3 is 5.25 Å². The summed E-state index contributed by atoms with van der Waals surface area (Å²) in [6, 6.07) is 13.3. The molecule has 5 nitrogen and oxygen atoms in total. The first-order chi connectivity index (χ1) is 13.5. The lowest BCUT2D eigenvalue weighted by molar-refractivity contribution is 0.00323. The SMILES string of the molecule is CC(C)(C)[S@@+]([O-])N[C@@H](COCc1ccccc1)C(F)(F)S(=O)(=O)c1ccccc1. The molecule has 2 rings (SSSR count). The Morgan fingerprint density at radius 2 is 1.55 bits per heavy atom. The fourth-order valence-corrected chi connectivity index (χ4v) is 4.55. The third-order valence-corrected chi connectivity index (χ3v) is 7.52. The minimum Gasteiger partial charge on any atom is -0.598 e. The van der Waals surface area contributed by atoms with E-state index in [9.17, 15) is 13.0 Å². The fraction of sp³-hybridized carbons (Fsp3) is 0.400. The first-order valence-electron chi connectivity index (χ1n) is 8.93. The highest BCUT2D eigenvalue weighted by Crippen LogP contribution is 2.33. The van der Waals surface area contributed by atoms with Gasteiger partial charge in [0.25, 0.3) is 0 Å². The number of hydrogen-bond donors (Lipinski definition) is 1. The quantitative estimate of drug-likeness (QED) is 0.596. The summed E-state index contributed by atoms with van der Waals surface area (Å²) in [6.07, 6.45) is 0. The van der Waals surface area contributed by atoms with Gasteiger partial charge in [-0.05, 0) is 38.5 Å². The zero-order valence-electron chi connectivity index (χ0n) is 16.5. The topological polar surface area (TPSA) is 78.5 Å². The summed E-state index contributed by atoms with van der Waals surface area (Å²) in [7, 11) is -5.03. The van der Waals surface area contributed by atoms with Gasteiger partial charge < -0.3 is 9.29 Å². The highest BCUT2D eigenvalue weighted by Gasteiger charge is 2.55. The zero-order chi connectivity index (χ0) is 21.7. The highest BCUT2D eigenvalue weighted by atomic mass is 32.2. The molecule has 29 heavy (non-hydrogen) atoms. The Morgan fingerprint density at radius 1 is 1.03 bits per heavy atom. The van der Waals surface area contributed by atoms with Crippen molar-refractivity contribution in [3.8, 4) is 0 Å². The second-order valence-corrected chi connectivity index (χ2v) is 11.5. The van der Waals surface area contributed by atoms with E-state index < -0.39 is 48.7 Å². The molecule has 0 heterocycles. The van der Waals surface area contributed by atoms with Crippen LogP contribution in [0.1, 0.15) is 26.3 Å². The van der Waals surface area contributed by atoms with Gasteiger partial charge in [-0.15, -0.1) is 4.72 Å². The van der Waals surface area contributed by atoms with E-state index in [4.69, 9.17) is 4.74 Å². The molecular formula is C20H25F2NO4S2. The van der Waals surface area contributed by atoms with Gasteiger partial charge in [-0.2, -0.15) is 8.78 Å². The van der Waals surface area contributed by atoms with Gasteiger partial charge in [-0.25, -0.2) is 8.42 Å². The van der Waals surface area contributed by atoms with Crippen LogP contribution in [0.4, 0.5) is 8.78 Å². The first-order valence-corrected chi connectivity index (χ1v) is 11.6. The van der Waals surface area contributed by atoms with Crippen molar-refractivity contribution in [2.24, 2.45) is 0 Å². The molecule has 0 saturated heterocycles. The van der Waals surface area contributed by atoms with Gasteiger partial charge in [0, 0.05) is 11.4 Å². The Hall–Kier alpha value is -1.52. The summed E-state index contributed by atoms with van der Waals surface area (Å²) in [6.45, 7) is 4.17. The second-order valence-electron chi connectivity index (χ2n) is 7.43. The Kier molecular flexibility index (Phi) is 7.80. The molecule has 9 heteroatoms. The summed E-state index contributed by atoms with van der Waals surface area (Å²) in [4.78, 5) is -0.513. The molecule has 160 valence electrons. The zero-order valence-corrected chi connectivity index (χ0v) is 18.1. The standard InChI is InChI=1S/C20H25F2NO4S2/c1-19(2,3)28(24)23-18(15-27-14-16-10-6-4-7-11-16)20(21,22)29(25,26)17-12-8-5-9-13-17/h4-13,18,23H,14-15H2,1-3H3/t18-,28+/m0/s1. The second kappa shape index (κ2) is 9.53. The van der Waals surface area contributed by atoms with Gasteiger partial charge in [-0.3, -0.25) is 0 Å². The van der Waals surface area contributed by atoms with Crippen LogP contribution in [0.15, 0.2) is 65.6 Å². The number of alkyl halides is 2. The average Bonchev–Trinajstić information content (AvgIpc) is 2.67. The van der Waals surface area contributed by atoms with Crippen LogP contribution in [-0.2, 0) is 32.5 Å². The normalized spacial score (nSPS) is 15.1. The number of nitrogens with one attached hydrogen (secondary N) is 1. The van der Waals surface area contributed by atoms with Crippen LogP contribution in [0.2, 0.25) is 0 Å². The number of sulfone groups is 1. The number of rotatable bonds is 9. The molecule has 0 aliphatic heterocycles. The molecule has 2 aromatic rings. The molecular weight excluding hydrogens is 420 g/mol. The average molecular weight is 446 g/mol. The van der Waals surface area contributed by atoms with Crippen LogP contribution in [0.3, 0.4) is 0 Å². The van der Waals surface area contributed by atoms with E-state index in [2.05, 4.69) is 4.72 Å². The van der Waals surface area contributed by atoms with Crippen molar-refractivity contribution in [2.45, 2.75) is 48.3 Å². The van der Waals surface area contributed by atoms with Gasteiger partial charge in [0.1, 0.15) is 4.75 Å². The van der Waals surface area contributed by atoms with Crippen LogP contribution in [-0.4, -0.2) is 35.6 Å². The number of hydrogen-bond acceptors (Lipinski definition) is 5. The summed E-state index contributed by atoms with van der Waals surface area (Å²) >= 11 is -1.93. The monoisotopic (exact) mass is 445 g/mol. The molecule has 0 spiro atoms. The third-order valence-electron chi connectivity index (χ3n) is 4.02. The van der Waals surface area contributed by atoms with Crippen molar-refractivity contribution in [1.82, 2.24) is 4.72 Å². The van der Waals surface area contributed by atoms with E-state index in [1.54, 1.807) is 51.1 Å². The summed E-state index contributed by atoms with van der Waals surface area (Å²) in [5.74, 6) is 0. The van der Waals surface area contributed by atoms with Gasteiger partial charge in [0.15, 0.2) is 6.04 Å². The first kappa shape index (κ1) is 23.8. The van der Waals surface area contributed by atoms with E-state index in [1.165, 1.54) is 18.2 Å². The molecule has 2 aromatic carbocycles. The Morgan fingerprint density at radius 3 is 2.07 bits per heavy atom. The molecule has 0 unspecified atom stereocenters. The Balaban J connectivity index is 2.26. The molecule has 1 N–H and O–H groups in total. The lowest BCUT2D eigenvalue weighted by atomic mass is 10.2. The summed E-state index contributed by atoms with van der Waals surface area (Å²) < 4.78 is 74.8. The maximum absolute atomic E-state index is 15.2. The summed E-state index contributed by atoms with van der Waals surface area (Å²) in [5.41, 5.74) is 0.748.